The molecule has 0 saturated heterocycles. The quantitative estimate of drug-likeness (QED) is 0.135. The van der Waals surface area contributed by atoms with E-state index in [1.165, 1.54) is 31.2 Å². The molecule has 3 aromatic carbocycles. The molecule has 1 atom stereocenters. The molecule has 14 heteroatoms. The third-order valence-electron chi connectivity index (χ3n) is 4.94. The number of phenols is 1. The molecule has 1 aromatic heterocycles. The first-order chi connectivity index (χ1) is 16.0. The van der Waals surface area contributed by atoms with Crippen LogP contribution < -0.4 is 0 Å². The summed E-state index contributed by atoms with van der Waals surface area (Å²) in [6, 6.07) is 7.76. The van der Waals surface area contributed by atoms with Gasteiger partial charge < -0.3 is 14.8 Å². The molecular weight excluding hydrogens is 488 g/mol. The van der Waals surface area contributed by atoms with E-state index in [0.29, 0.717) is 10.8 Å². The molecule has 4 aromatic rings. The zero-order chi connectivity index (χ0) is 24.8. The first-order valence-electron chi connectivity index (χ1n) is 9.27. The maximum atomic E-state index is 11.7. The van der Waals surface area contributed by atoms with Crippen molar-refractivity contribution in [3.05, 3.63) is 53.9 Å². The number of carboxylic acids is 1. The van der Waals surface area contributed by atoms with E-state index in [1.54, 1.807) is 0 Å². The number of benzene rings is 3. The van der Waals surface area contributed by atoms with Gasteiger partial charge in [-0.3, -0.25) is 4.55 Å². The van der Waals surface area contributed by atoms with Crippen molar-refractivity contribution in [2.45, 2.75) is 16.7 Å². The van der Waals surface area contributed by atoms with Crippen molar-refractivity contribution < 1.29 is 36.7 Å². The standard InChI is InChI=1S/C20H14N4O8S2/c1-9-16(19(26)27)8-21-20(22-9)24-23-17-14-7-11(34(30,31)32)3-5-12(14)13-4-2-10(33(28)29)6-15(13)18(17)25/h2-8,25H,1H3,(H,26,27)(H,28,29)(H,30,31,32). The lowest BCUT2D eigenvalue weighted by Crippen LogP contribution is -2.02. The highest BCUT2D eigenvalue weighted by atomic mass is 32.2. The molecule has 174 valence electrons. The predicted molar refractivity (Wildman–Crippen MR) is 120 cm³/mol. The van der Waals surface area contributed by atoms with Crippen molar-refractivity contribution in [2.24, 2.45) is 10.2 Å². The Labute approximate surface area is 193 Å². The maximum Gasteiger partial charge on any atom is 0.339 e. The normalized spacial score (nSPS) is 13.0. The number of rotatable bonds is 5. The van der Waals surface area contributed by atoms with Gasteiger partial charge in [0.1, 0.15) is 5.69 Å². The number of hydrogen-bond donors (Lipinski definition) is 4. The van der Waals surface area contributed by atoms with Crippen molar-refractivity contribution in [1.29, 1.82) is 0 Å². The number of carboxylic acid groups (broad SMARTS) is 1. The van der Waals surface area contributed by atoms with Gasteiger partial charge >= 0.3 is 5.97 Å². The lowest BCUT2D eigenvalue weighted by Gasteiger charge is -2.12. The fraction of sp³-hybridized carbons (Fsp3) is 0.0500. The highest BCUT2D eigenvalue weighted by Crippen LogP contribution is 2.44. The first-order valence-corrected chi connectivity index (χ1v) is 11.8. The molecule has 0 bridgehead atoms. The number of aromatic nitrogens is 2. The second-order valence-corrected chi connectivity index (χ2v) is 9.40. The van der Waals surface area contributed by atoms with E-state index in [-0.39, 0.29) is 38.6 Å². The second kappa shape index (κ2) is 8.49. The number of carbonyl (C=O) groups is 1. The van der Waals surface area contributed by atoms with Crippen molar-refractivity contribution in [3.8, 4) is 5.75 Å². The smallest absolute Gasteiger partial charge is 0.339 e. The summed E-state index contributed by atoms with van der Waals surface area (Å²) in [5.74, 6) is -1.94. The summed E-state index contributed by atoms with van der Waals surface area (Å²) in [4.78, 5) is 18.4. The summed E-state index contributed by atoms with van der Waals surface area (Å²) < 4.78 is 53.7. The summed E-state index contributed by atoms with van der Waals surface area (Å²) >= 11 is -2.34. The third-order valence-corrected chi connectivity index (χ3v) is 6.45. The van der Waals surface area contributed by atoms with Crippen LogP contribution in [0.1, 0.15) is 16.1 Å². The average molecular weight is 502 g/mol. The van der Waals surface area contributed by atoms with E-state index in [4.69, 9.17) is 5.11 Å². The first kappa shape index (κ1) is 23.3. The number of aryl methyl sites for hydroxylation is 1. The number of aromatic carboxylic acids is 1. The van der Waals surface area contributed by atoms with Gasteiger partial charge in [0.2, 0.25) is 0 Å². The number of aromatic hydroxyl groups is 1. The lowest BCUT2D eigenvalue weighted by atomic mass is 9.99. The van der Waals surface area contributed by atoms with Crippen LogP contribution in [-0.2, 0) is 21.2 Å². The molecule has 1 unspecified atom stereocenters. The van der Waals surface area contributed by atoms with Crippen molar-refractivity contribution in [2.75, 3.05) is 0 Å². The van der Waals surface area contributed by atoms with Crippen molar-refractivity contribution in [3.63, 3.8) is 0 Å². The van der Waals surface area contributed by atoms with Gasteiger partial charge in [0.15, 0.2) is 16.8 Å². The largest absolute Gasteiger partial charge is 0.505 e. The van der Waals surface area contributed by atoms with Crippen LogP contribution in [0.2, 0.25) is 0 Å². The van der Waals surface area contributed by atoms with Crippen molar-refractivity contribution >= 4 is 60.3 Å². The summed E-state index contributed by atoms with van der Waals surface area (Å²) in [5, 5.41) is 28.9. The van der Waals surface area contributed by atoms with E-state index in [2.05, 4.69) is 20.2 Å². The van der Waals surface area contributed by atoms with Gasteiger partial charge in [0, 0.05) is 17.0 Å². The number of phenolic OH excluding ortho intramolecular Hbond substituents is 1. The van der Waals surface area contributed by atoms with Crippen LogP contribution >= 0.6 is 0 Å². The molecule has 0 fully saturated rings. The Hall–Kier alpha value is -3.85. The van der Waals surface area contributed by atoms with Gasteiger partial charge in [-0.05, 0) is 42.0 Å². The minimum absolute atomic E-state index is 0.00260. The molecule has 1 heterocycles. The number of hydrogen-bond acceptors (Lipinski definition) is 9. The molecular formula is C20H14N4O8S2. The van der Waals surface area contributed by atoms with E-state index >= 15 is 0 Å². The Morgan fingerprint density at radius 3 is 2.32 bits per heavy atom. The predicted octanol–water partition coefficient (Wildman–Crippen LogP) is 3.74. The number of nitrogens with zero attached hydrogens (tertiary/aromatic N) is 4. The van der Waals surface area contributed by atoms with Gasteiger partial charge in [0.05, 0.1) is 21.0 Å². The highest BCUT2D eigenvalue weighted by Gasteiger charge is 2.19. The second-order valence-electron chi connectivity index (χ2n) is 7.01. The molecule has 0 amide bonds. The van der Waals surface area contributed by atoms with Gasteiger partial charge in [-0.1, -0.05) is 12.1 Å². The van der Waals surface area contributed by atoms with E-state index < -0.39 is 37.8 Å². The Kier molecular flexibility index (Phi) is 5.82. The Balaban J connectivity index is 2.01. The third kappa shape index (κ3) is 4.22. The van der Waals surface area contributed by atoms with Gasteiger partial charge in [-0.25, -0.2) is 19.0 Å². The SMILES string of the molecule is Cc1nc(N=Nc2c(O)c3cc(S(=O)O)ccc3c3ccc(S(=O)(=O)O)cc23)ncc1C(=O)O. The number of fused-ring (bicyclic) bond motifs is 3. The van der Waals surface area contributed by atoms with Crippen LogP contribution in [0.3, 0.4) is 0 Å². The summed E-state index contributed by atoms with van der Waals surface area (Å²) in [7, 11) is -4.59. The molecule has 0 aliphatic heterocycles. The van der Waals surface area contributed by atoms with E-state index in [0.717, 1.165) is 18.3 Å². The van der Waals surface area contributed by atoms with Gasteiger partial charge in [0.25, 0.3) is 16.1 Å². The summed E-state index contributed by atoms with van der Waals surface area (Å²) in [6.45, 7) is 1.43. The molecule has 0 radical (unpaired) electrons. The molecule has 4 rings (SSSR count). The van der Waals surface area contributed by atoms with Gasteiger partial charge in [-0.15, -0.1) is 10.2 Å². The van der Waals surface area contributed by atoms with Crippen LogP contribution in [0.4, 0.5) is 11.6 Å². The Bertz CT molecular complexity index is 1670. The van der Waals surface area contributed by atoms with Crippen LogP contribution in [-0.4, -0.2) is 47.9 Å². The minimum Gasteiger partial charge on any atom is -0.505 e. The monoisotopic (exact) mass is 502 g/mol. The number of azo groups is 1. The fourth-order valence-corrected chi connectivity index (χ4v) is 4.25. The van der Waals surface area contributed by atoms with Crippen LogP contribution in [0.25, 0.3) is 21.5 Å². The van der Waals surface area contributed by atoms with E-state index in [1.807, 2.05) is 0 Å². The van der Waals surface area contributed by atoms with E-state index in [9.17, 15) is 31.6 Å². The van der Waals surface area contributed by atoms with Crippen LogP contribution in [0, 0.1) is 6.92 Å². The zero-order valence-electron chi connectivity index (χ0n) is 17.1. The summed E-state index contributed by atoms with van der Waals surface area (Å²) in [5.41, 5.74) is -0.245. The van der Waals surface area contributed by atoms with Crippen molar-refractivity contribution in [1.82, 2.24) is 9.97 Å². The maximum absolute atomic E-state index is 11.7. The van der Waals surface area contributed by atoms with Crippen LogP contribution in [0.5, 0.6) is 5.75 Å². The Morgan fingerprint density at radius 1 is 1.03 bits per heavy atom. The zero-order valence-corrected chi connectivity index (χ0v) is 18.7. The fourth-order valence-electron chi connectivity index (χ4n) is 3.34. The highest BCUT2D eigenvalue weighted by molar-refractivity contribution is 7.85. The Morgan fingerprint density at radius 2 is 1.71 bits per heavy atom. The molecule has 34 heavy (non-hydrogen) atoms. The van der Waals surface area contributed by atoms with Gasteiger partial charge in [-0.2, -0.15) is 8.42 Å². The average Bonchev–Trinajstić information content (AvgIpc) is 2.77. The molecule has 12 nitrogen and oxygen atoms in total. The topological polar surface area (TPSA) is 200 Å². The molecule has 0 aliphatic carbocycles. The minimum atomic E-state index is -4.59. The lowest BCUT2D eigenvalue weighted by molar-refractivity contribution is 0.0695. The molecule has 0 aliphatic rings. The molecule has 0 saturated carbocycles. The summed E-state index contributed by atoms with van der Waals surface area (Å²) in [6.07, 6.45) is 1.04. The van der Waals surface area contributed by atoms with Crippen LogP contribution in [0.15, 0.2) is 62.6 Å². The molecule has 4 N–H and O–H groups in total. The molecule has 0 spiro atoms.